The van der Waals surface area contributed by atoms with Crippen molar-refractivity contribution < 1.29 is 9.53 Å². The maximum atomic E-state index is 11.9. The third-order valence-corrected chi connectivity index (χ3v) is 2.74. The topological polar surface area (TPSA) is 51.2 Å². The van der Waals surface area contributed by atoms with Crippen molar-refractivity contribution in [1.29, 1.82) is 0 Å². The summed E-state index contributed by atoms with van der Waals surface area (Å²) in [5.74, 6) is -0.332. The van der Waals surface area contributed by atoms with E-state index >= 15 is 0 Å². The lowest BCUT2D eigenvalue weighted by Gasteiger charge is -2.19. The van der Waals surface area contributed by atoms with E-state index in [9.17, 15) is 4.79 Å². The normalized spacial score (nSPS) is 11.0. The Morgan fingerprint density at radius 1 is 1.14 bits per heavy atom. The van der Waals surface area contributed by atoms with Crippen LogP contribution in [0.5, 0.6) is 0 Å². The van der Waals surface area contributed by atoms with Gasteiger partial charge in [-0.15, -0.1) is 0 Å². The summed E-state index contributed by atoms with van der Waals surface area (Å²) in [5.41, 5.74) is 1.70. The van der Waals surface area contributed by atoms with Gasteiger partial charge in [0.25, 0.3) is 0 Å². The molecule has 0 unspecified atom stereocenters. The Balaban J connectivity index is 2.07. The number of esters is 1. The lowest BCUT2D eigenvalue weighted by molar-refractivity contribution is 0.00696. The number of benzene rings is 1. The van der Waals surface area contributed by atoms with Gasteiger partial charge in [-0.05, 0) is 57.2 Å². The summed E-state index contributed by atoms with van der Waals surface area (Å²) in [6, 6.07) is 10.6. The average molecular weight is 305 g/mol. The predicted octanol–water partition coefficient (Wildman–Crippen LogP) is 4.43. The van der Waals surface area contributed by atoms with Gasteiger partial charge in [-0.3, -0.25) is 0 Å². The quantitative estimate of drug-likeness (QED) is 0.673. The van der Waals surface area contributed by atoms with Gasteiger partial charge in [0.2, 0.25) is 0 Å². The van der Waals surface area contributed by atoms with Gasteiger partial charge in [-0.25, -0.2) is 9.78 Å². The SMILES string of the molecule is CC(C)(C)OC(=O)c1ccc(Nc2ccnc(Cl)c2)cc1. The molecule has 0 aliphatic rings. The molecule has 0 bridgehead atoms. The number of ether oxygens (including phenoxy) is 1. The van der Waals surface area contributed by atoms with Crippen LogP contribution in [-0.2, 0) is 4.74 Å². The second kappa shape index (κ2) is 6.14. The Labute approximate surface area is 129 Å². The lowest BCUT2D eigenvalue weighted by atomic mass is 10.1. The molecule has 2 aromatic rings. The molecule has 0 fully saturated rings. The molecule has 1 aromatic heterocycles. The second-order valence-corrected chi connectivity index (χ2v) is 5.96. The van der Waals surface area contributed by atoms with Crippen LogP contribution in [0.4, 0.5) is 11.4 Å². The number of carbonyl (C=O) groups excluding carboxylic acids is 1. The molecule has 0 saturated heterocycles. The second-order valence-electron chi connectivity index (χ2n) is 5.57. The Kier molecular flexibility index (Phi) is 4.48. The van der Waals surface area contributed by atoms with E-state index in [4.69, 9.17) is 16.3 Å². The van der Waals surface area contributed by atoms with Gasteiger partial charge in [0.05, 0.1) is 5.56 Å². The highest BCUT2D eigenvalue weighted by molar-refractivity contribution is 6.29. The van der Waals surface area contributed by atoms with Crippen molar-refractivity contribution in [2.24, 2.45) is 0 Å². The number of pyridine rings is 1. The Hall–Kier alpha value is -2.07. The molecule has 0 saturated carbocycles. The van der Waals surface area contributed by atoms with Gasteiger partial charge in [0.1, 0.15) is 10.8 Å². The summed E-state index contributed by atoms with van der Waals surface area (Å²) < 4.78 is 5.31. The van der Waals surface area contributed by atoms with E-state index in [1.54, 1.807) is 24.4 Å². The number of halogens is 1. The first-order valence-electron chi connectivity index (χ1n) is 6.55. The van der Waals surface area contributed by atoms with E-state index in [0.717, 1.165) is 11.4 Å². The zero-order chi connectivity index (χ0) is 15.5. The number of hydrogen-bond donors (Lipinski definition) is 1. The van der Waals surface area contributed by atoms with Crippen LogP contribution in [0.1, 0.15) is 31.1 Å². The van der Waals surface area contributed by atoms with Crippen LogP contribution >= 0.6 is 11.6 Å². The van der Waals surface area contributed by atoms with Crippen molar-refractivity contribution >= 4 is 28.9 Å². The van der Waals surface area contributed by atoms with E-state index in [2.05, 4.69) is 10.3 Å². The fourth-order valence-electron chi connectivity index (χ4n) is 1.67. The maximum Gasteiger partial charge on any atom is 0.338 e. The average Bonchev–Trinajstić information content (AvgIpc) is 2.37. The van der Waals surface area contributed by atoms with E-state index in [1.807, 2.05) is 39.0 Å². The fourth-order valence-corrected chi connectivity index (χ4v) is 1.85. The number of rotatable bonds is 3. The monoisotopic (exact) mass is 304 g/mol. The molecule has 110 valence electrons. The Morgan fingerprint density at radius 3 is 2.38 bits per heavy atom. The number of aromatic nitrogens is 1. The van der Waals surface area contributed by atoms with Crippen LogP contribution in [0.3, 0.4) is 0 Å². The summed E-state index contributed by atoms with van der Waals surface area (Å²) in [6.07, 6.45) is 1.62. The molecular formula is C16H17ClN2O2. The van der Waals surface area contributed by atoms with E-state index in [-0.39, 0.29) is 5.97 Å². The minimum Gasteiger partial charge on any atom is -0.456 e. The molecule has 1 heterocycles. The van der Waals surface area contributed by atoms with Crippen LogP contribution in [0.15, 0.2) is 42.6 Å². The highest BCUT2D eigenvalue weighted by Gasteiger charge is 2.17. The Morgan fingerprint density at radius 2 is 1.81 bits per heavy atom. The predicted molar refractivity (Wildman–Crippen MR) is 84.1 cm³/mol. The van der Waals surface area contributed by atoms with Crippen LogP contribution in [0, 0.1) is 0 Å². The molecule has 5 heteroatoms. The van der Waals surface area contributed by atoms with Crippen molar-refractivity contribution in [1.82, 2.24) is 4.98 Å². The first kappa shape index (κ1) is 15.3. The number of nitrogens with one attached hydrogen (secondary N) is 1. The number of nitrogens with zero attached hydrogens (tertiary/aromatic N) is 1. The lowest BCUT2D eigenvalue weighted by Crippen LogP contribution is -2.23. The standard InChI is InChI=1S/C16H17ClN2O2/c1-16(2,3)21-15(20)11-4-6-12(7-5-11)19-13-8-9-18-14(17)10-13/h4-10H,1-3H3,(H,18,19). The third kappa shape index (κ3) is 4.76. The molecular weight excluding hydrogens is 288 g/mol. The van der Waals surface area contributed by atoms with Crippen molar-refractivity contribution in [3.63, 3.8) is 0 Å². The summed E-state index contributed by atoms with van der Waals surface area (Å²) in [7, 11) is 0. The molecule has 1 aromatic carbocycles. The van der Waals surface area contributed by atoms with Gasteiger partial charge in [0, 0.05) is 17.6 Å². The smallest absolute Gasteiger partial charge is 0.338 e. The van der Waals surface area contributed by atoms with Gasteiger partial charge in [0.15, 0.2) is 0 Å². The molecule has 4 nitrogen and oxygen atoms in total. The molecule has 0 atom stereocenters. The van der Waals surface area contributed by atoms with E-state index in [0.29, 0.717) is 10.7 Å². The van der Waals surface area contributed by atoms with Gasteiger partial charge < -0.3 is 10.1 Å². The largest absolute Gasteiger partial charge is 0.456 e. The molecule has 1 N–H and O–H groups in total. The summed E-state index contributed by atoms with van der Waals surface area (Å²) in [6.45, 7) is 5.52. The molecule has 0 spiro atoms. The van der Waals surface area contributed by atoms with E-state index < -0.39 is 5.60 Å². The van der Waals surface area contributed by atoms with Crippen molar-refractivity contribution in [3.05, 3.63) is 53.3 Å². The van der Waals surface area contributed by atoms with E-state index in [1.165, 1.54) is 0 Å². The number of anilines is 2. The summed E-state index contributed by atoms with van der Waals surface area (Å²) in [5, 5.41) is 3.60. The van der Waals surface area contributed by atoms with Crippen molar-refractivity contribution in [2.75, 3.05) is 5.32 Å². The fraction of sp³-hybridized carbons (Fsp3) is 0.250. The zero-order valence-corrected chi connectivity index (χ0v) is 12.9. The third-order valence-electron chi connectivity index (χ3n) is 2.53. The van der Waals surface area contributed by atoms with Crippen molar-refractivity contribution in [2.45, 2.75) is 26.4 Å². The molecule has 2 rings (SSSR count). The minimum absolute atomic E-state index is 0.332. The molecule has 0 amide bonds. The van der Waals surface area contributed by atoms with Gasteiger partial charge >= 0.3 is 5.97 Å². The van der Waals surface area contributed by atoms with Crippen LogP contribution < -0.4 is 5.32 Å². The summed E-state index contributed by atoms with van der Waals surface area (Å²) >= 11 is 5.83. The zero-order valence-electron chi connectivity index (χ0n) is 12.2. The highest BCUT2D eigenvalue weighted by Crippen LogP contribution is 2.20. The first-order chi connectivity index (χ1) is 9.83. The highest BCUT2D eigenvalue weighted by atomic mass is 35.5. The molecule has 0 aliphatic carbocycles. The van der Waals surface area contributed by atoms with Crippen LogP contribution in [0.25, 0.3) is 0 Å². The molecule has 0 aliphatic heterocycles. The van der Waals surface area contributed by atoms with Crippen LogP contribution in [-0.4, -0.2) is 16.6 Å². The number of carbonyl (C=O) groups is 1. The van der Waals surface area contributed by atoms with Crippen molar-refractivity contribution in [3.8, 4) is 0 Å². The molecule has 0 radical (unpaired) electrons. The first-order valence-corrected chi connectivity index (χ1v) is 6.93. The summed E-state index contributed by atoms with van der Waals surface area (Å²) in [4.78, 5) is 15.8. The number of hydrogen-bond acceptors (Lipinski definition) is 4. The molecule has 21 heavy (non-hydrogen) atoms. The Bertz CT molecular complexity index is 633. The maximum absolute atomic E-state index is 11.9. The van der Waals surface area contributed by atoms with Crippen LogP contribution in [0.2, 0.25) is 5.15 Å². The van der Waals surface area contributed by atoms with Gasteiger partial charge in [-0.1, -0.05) is 11.6 Å². The minimum atomic E-state index is -0.498. The van der Waals surface area contributed by atoms with Gasteiger partial charge in [-0.2, -0.15) is 0 Å².